The number of rotatable bonds is 6. The zero-order valence-electron chi connectivity index (χ0n) is 18.4. The molecule has 2 saturated carbocycles. The van der Waals surface area contributed by atoms with Crippen LogP contribution in [0.15, 0.2) is 11.3 Å². The van der Waals surface area contributed by atoms with Gasteiger partial charge in [0.1, 0.15) is 0 Å². The number of nitrogens with zero attached hydrogens (tertiary/aromatic N) is 1. The molecule has 0 unspecified atom stereocenters. The van der Waals surface area contributed by atoms with E-state index >= 15 is 0 Å². The van der Waals surface area contributed by atoms with Crippen LogP contribution < -0.4 is 5.32 Å². The summed E-state index contributed by atoms with van der Waals surface area (Å²) in [4.78, 5) is 39.6. The molecule has 3 aliphatic rings. The van der Waals surface area contributed by atoms with Gasteiger partial charge < -0.3 is 10.2 Å². The Labute approximate surface area is 181 Å². The molecule has 0 aromatic heterocycles. The van der Waals surface area contributed by atoms with Gasteiger partial charge in [-0.2, -0.15) is 13.2 Å². The number of hydrogen-bond donors (Lipinski definition) is 1. The van der Waals surface area contributed by atoms with Gasteiger partial charge in [0.05, 0.1) is 5.57 Å². The highest BCUT2D eigenvalue weighted by Crippen LogP contribution is 2.47. The number of allylic oxidation sites excluding steroid dienone is 1. The second-order valence-corrected chi connectivity index (χ2v) is 9.32. The van der Waals surface area contributed by atoms with Gasteiger partial charge in [-0.05, 0) is 39.0 Å². The molecule has 1 atom stereocenters. The number of amides is 2. The van der Waals surface area contributed by atoms with Gasteiger partial charge in [0.15, 0.2) is 5.78 Å². The summed E-state index contributed by atoms with van der Waals surface area (Å²) in [6.45, 7) is 2.43. The van der Waals surface area contributed by atoms with E-state index in [0.29, 0.717) is 25.2 Å². The van der Waals surface area contributed by atoms with Gasteiger partial charge >= 0.3 is 6.18 Å². The van der Waals surface area contributed by atoms with Crippen molar-refractivity contribution in [3.05, 3.63) is 11.3 Å². The van der Waals surface area contributed by atoms with Crippen LogP contribution in [0.4, 0.5) is 13.2 Å². The van der Waals surface area contributed by atoms with Gasteiger partial charge in [-0.1, -0.05) is 51.4 Å². The first-order valence-corrected chi connectivity index (χ1v) is 11.5. The van der Waals surface area contributed by atoms with Crippen molar-refractivity contribution in [1.82, 2.24) is 10.2 Å². The summed E-state index contributed by atoms with van der Waals surface area (Å²) in [5.74, 6) is -2.58. The first-order valence-electron chi connectivity index (χ1n) is 11.5. The number of Topliss-reactive ketones (excluding diaryl/α,β-unsaturated/α-hetero) is 1. The molecule has 0 aromatic carbocycles. The maximum Gasteiger partial charge on any atom is 0.425 e. The molecule has 3 rings (SSSR count). The van der Waals surface area contributed by atoms with Crippen LogP contribution in [0, 0.1) is 5.92 Å². The Morgan fingerprint density at radius 2 is 1.58 bits per heavy atom. The maximum atomic E-state index is 14.5. The summed E-state index contributed by atoms with van der Waals surface area (Å²) in [6, 6.07) is -0.376. The third kappa shape index (κ3) is 4.53. The van der Waals surface area contributed by atoms with Crippen LogP contribution >= 0.6 is 0 Å². The Hall–Kier alpha value is -1.86. The van der Waals surface area contributed by atoms with Crippen molar-refractivity contribution < 1.29 is 27.6 Å². The minimum Gasteiger partial charge on any atom is -0.330 e. The van der Waals surface area contributed by atoms with Crippen molar-refractivity contribution in [2.24, 2.45) is 5.92 Å². The van der Waals surface area contributed by atoms with Crippen molar-refractivity contribution in [1.29, 1.82) is 0 Å². The lowest BCUT2D eigenvalue weighted by Crippen LogP contribution is -2.66. The molecule has 2 fully saturated rings. The molecular formula is C23H33F3N2O3. The molecule has 0 radical (unpaired) electrons. The van der Waals surface area contributed by atoms with E-state index in [1.54, 1.807) is 0 Å². The average Bonchev–Trinajstić information content (AvgIpc) is 2.95. The quantitative estimate of drug-likeness (QED) is 0.642. The third-order valence-corrected chi connectivity index (χ3v) is 7.19. The minimum atomic E-state index is -5.11. The van der Waals surface area contributed by atoms with Gasteiger partial charge in [0.25, 0.3) is 5.91 Å². The van der Waals surface area contributed by atoms with Crippen LogP contribution in [0.1, 0.15) is 90.9 Å². The molecule has 2 amide bonds. The molecule has 174 valence electrons. The number of ketones is 1. The Morgan fingerprint density at radius 3 is 2.10 bits per heavy atom. The minimum absolute atomic E-state index is 0.0225. The van der Waals surface area contributed by atoms with Gasteiger partial charge in [0, 0.05) is 18.2 Å². The fraction of sp³-hybridized carbons (Fsp3) is 0.783. The fourth-order valence-corrected chi connectivity index (χ4v) is 5.66. The predicted molar refractivity (Wildman–Crippen MR) is 110 cm³/mol. The summed E-state index contributed by atoms with van der Waals surface area (Å²) in [6.07, 6.45) is 4.36. The zero-order valence-corrected chi connectivity index (χ0v) is 18.4. The first-order chi connectivity index (χ1) is 14.6. The topological polar surface area (TPSA) is 66.5 Å². The molecule has 0 saturated heterocycles. The summed E-state index contributed by atoms with van der Waals surface area (Å²) < 4.78 is 43.5. The van der Waals surface area contributed by atoms with Gasteiger partial charge in [-0.15, -0.1) is 0 Å². The summed E-state index contributed by atoms with van der Waals surface area (Å²) >= 11 is 0. The molecule has 1 aliphatic heterocycles. The van der Waals surface area contributed by atoms with Crippen molar-refractivity contribution in [2.45, 2.75) is 109 Å². The van der Waals surface area contributed by atoms with Crippen LogP contribution in [-0.4, -0.2) is 40.3 Å². The lowest BCUT2D eigenvalue weighted by molar-refractivity contribution is -0.195. The van der Waals surface area contributed by atoms with Crippen molar-refractivity contribution in [3.8, 4) is 0 Å². The highest BCUT2D eigenvalue weighted by Gasteiger charge is 2.70. The molecule has 1 heterocycles. The van der Waals surface area contributed by atoms with E-state index in [9.17, 15) is 27.6 Å². The molecule has 5 nitrogen and oxygen atoms in total. The highest BCUT2D eigenvalue weighted by atomic mass is 19.4. The van der Waals surface area contributed by atoms with E-state index in [1.807, 2.05) is 5.32 Å². The van der Waals surface area contributed by atoms with E-state index < -0.39 is 34.9 Å². The molecule has 8 heteroatoms. The number of carbonyl (C=O) groups is 3. The fourth-order valence-electron chi connectivity index (χ4n) is 5.66. The number of carbonyl (C=O) groups excluding carboxylic acids is 3. The van der Waals surface area contributed by atoms with E-state index in [4.69, 9.17) is 0 Å². The van der Waals surface area contributed by atoms with Crippen molar-refractivity contribution >= 4 is 17.6 Å². The smallest absolute Gasteiger partial charge is 0.330 e. The number of halogens is 3. The predicted octanol–water partition coefficient (Wildman–Crippen LogP) is 4.80. The van der Waals surface area contributed by atoms with Crippen LogP contribution in [0.2, 0.25) is 0 Å². The SMILES string of the molecule is CC(=O)C1=C(C)N(C2CCCCC2)C(=O)[C@@]1(NC(=O)CCC1CCCCC1)C(F)(F)F. The molecular weight excluding hydrogens is 409 g/mol. The highest BCUT2D eigenvalue weighted by molar-refractivity contribution is 6.12. The van der Waals surface area contributed by atoms with Crippen molar-refractivity contribution in [3.63, 3.8) is 0 Å². The summed E-state index contributed by atoms with van der Waals surface area (Å²) in [5, 5.41) is 2.02. The monoisotopic (exact) mass is 442 g/mol. The van der Waals surface area contributed by atoms with E-state index in [1.165, 1.54) is 6.92 Å². The van der Waals surface area contributed by atoms with Gasteiger partial charge in [-0.3, -0.25) is 14.4 Å². The molecule has 0 spiro atoms. The lowest BCUT2D eigenvalue weighted by atomic mass is 9.85. The van der Waals surface area contributed by atoms with Crippen molar-refractivity contribution in [2.75, 3.05) is 0 Å². The Kier molecular flexibility index (Phi) is 7.16. The van der Waals surface area contributed by atoms with Crippen LogP contribution in [0.3, 0.4) is 0 Å². The Bertz CT molecular complexity index is 750. The van der Waals surface area contributed by atoms with Gasteiger partial charge in [0.2, 0.25) is 11.4 Å². The molecule has 0 aromatic rings. The van der Waals surface area contributed by atoms with Crippen LogP contribution in [0.5, 0.6) is 0 Å². The normalized spacial score (nSPS) is 26.5. The largest absolute Gasteiger partial charge is 0.425 e. The van der Waals surface area contributed by atoms with E-state index in [2.05, 4.69) is 0 Å². The summed E-state index contributed by atoms with van der Waals surface area (Å²) in [7, 11) is 0. The van der Waals surface area contributed by atoms with Gasteiger partial charge in [-0.25, -0.2) is 0 Å². The number of alkyl halides is 3. The molecule has 0 bridgehead atoms. The average molecular weight is 443 g/mol. The maximum absolute atomic E-state index is 14.5. The molecule has 31 heavy (non-hydrogen) atoms. The van der Waals surface area contributed by atoms with Crippen LogP contribution in [-0.2, 0) is 14.4 Å². The standard InChI is InChI=1S/C23H33F3N2O3/c1-15-20(16(2)29)22(23(24,25)26,21(31)28(15)18-11-7-4-8-12-18)27-19(30)14-13-17-9-5-3-6-10-17/h17-18H,3-14H2,1-2H3,(H,27,30)/t22-/m1/s1. The second-order valence-electron chi connectivity index (χ2n) is 9.32. The lowest BCUT2D eigenvalue weighted by Gasteiger charge is -2.36. The molecule has 2 aliphatic carbocycles. The second kappa shape index (κ2) is 9.33. The zero-order chi connectivity index (χ0) is 22.8. The van der Waals surface area contributed by atoms with Crippen LogP contribution in [0.25, 0.3) is 0 Å². The third-order valence-electron chi connectivity index (χ3n) is 7.19. The summed E-state index contributed by atoms with van der Waals surface area (Å²) in [5.41, 5.74) is -3.90. The number of hydrogen-bond acceptors (Lipinski definition) is 3. The van der Waals surface area contributed by atoms with E-state index in [-0.39, 0.29) is 18.2 Å². The Morgan fingerprint density at radius 1 is 1.03 bits per heavy atom. The van der Waals surface area contributed by atoms with E-state index in [0.717, 1.165) is 63.2 Å². The Balaban J connectivity index is 1.89. The molecule has 1 N–H and O–H groups in total. The first kappa shape index (κ1) is 23.8. The number of nitrogens with one attached hydrogen (secondary N) is 1.